The normalized spacial score (nSPS) is 16.6. The van der Waals surface area contributed by atoms with Gasteiger partial charge in [-0.2, -0.15) is 0 Å². The number of rotatable bonds is 6. The minimum atomic E-state index is -1.00. The quantitative estimate of drug-likeness (QED) is 0.441. The van der Waals surface area contributed by atoms with Crippen molar-refractivity contribution in [1.29, 1.82) is 0 Å². The highest BCUT2D eigenvalue weighted by atomic mass is 16.3. The fourth-order valence-corrected chi connectivity index (χ4v) is 4.15. The molecular weight excluding hydrogens is 370 g/mol. The number of nitrogens with one attached hydrogen (secondary N) is 1. The van der Waals surface area contributed by atoms with Gasteiger partial charge in [0.05, 0.1) is 29.5 Å². The number of aliphatic hydroxyl groups is 1. The van der Waals surface area contributed by atoms with Gasteiger partial charge in [0, 0.05) is 11.5 Å². The predicted molar refractivity (Wildman–Crippen MR) is 111 cm³/mol. The van der Waals surface area contributed by atoms with Gasteiger partial charge in [0.25, 0.3) is 0 Å². The lowest BCUT2D eigenvalue weighted by Crippen LogP contribution is -2.34. The van der Waals surface area contributed by atoms with Crippen molar-refractivity contribution in [2.45, 2.75) is 38.3 Å². The second-order valence-corrected chi connectivity index (χ2v) is 7.52. The molecule has 2 aromatic carbocycles. The first kappa shape index (κ1) is 19.1. The van der Waals surface area contributed by atoms with Gasteiger partial charge in [-0.05, 0) is 53.6 Å². The molecule has 1 heterocycles. The maximum atomic E-state index is 11.6. The summed E-state index contributed by atoms with van der Waals surface area (Å²) in [6.45, 7) is 2.14. The average Bonchev–Trinajstić information content (AvgIpc) is 3.15. The Morgan fingerprint density at radius 3 is 2.72 bits per heavy atom. The first-order valence-electron chi connectivity index (χ1n) is 9.73. The van der Waals surface area contributed by atoms with Crippen LogP contribution in [0.3, 0.4) is 0 Å². The number of phenolic OH excluding ortho intramolecular Hbond substituents is 1. The van der Waals surface area contributed by atoms with Gasteiger partial charge in [-0.15, -0.1) is 4.91 Å². The van der Waals surface area contributed by atoms with Crippen LogP contribution < -0.4 is 5.56 Å². The molecule has 1 unspecified atom stereocenters. The van der Waals surface area contributed by atoms with Gasteiger partial charge in [-0.3, -0.25) is 9.80 Å². The number of H-pyrrole nitrogens is 1. The lowest BCUT2D eigenvalue weighted by atomic mass is 10.0. The standard InChI is InChI=1S/C22H23N3O4/c1-2-13-3-4-14-10-16(11-15(14)9-13)25(24-29)12-20(27)17-5-7-19(26)22-18(17)6-8-21(28)23-22/h3-9,16,20,26-27H,2,10-12H2,1H3,(H,23,28)/t16?,20-/m0/s1. The molecular formula is C22H23N3O4. The zero-order valence-corrected chi connectivity index (χ0v) is 16.1. The number of phenols is 1. The molecule has 0 radical (unpaired) electrons. The van der Waals surface area contributed by atoms with Crippen LogP contribution in [-0.2, 0) is 19.3 Å². The largest absolute Gasteiger partial charge is 0.506 e. The summed E-state index contributed by atoms with van der Waals surface area (Å²) in [6, 6.07) is 12.2. The van der Waals surface area contributed by atoms with Crippen molar-refractivity contribution in [1.82, 2.24) is 9.99 Å². The summed E-state index contributed by atoms with van der Waals surface area (Å²) in [7, 11) is 0. The lowest BCUT2D eigenvalue weighted by Gasteiger charge is -2.25. The van der Waals surface area contributed by atoms with E-state index in [0.717, 1.165) is 6.42 Å². The molecule has 1 aliphatic rings. The van der Waals surface area contributed by atoms with Gasteiger partial charge in [-0.25, -0.2) is 0 Å². The van der Waals surface area contributed by atoms with Gasteiger partial charge < -0.3 is 15.2 Å². The van der Waals surface area contributed by atoms with Crippen molar-refractivity contribution < 1.29 is 10.2 Å². The summed E-state index contributed by atoms with van der Waals surface area (Å²) >= 11 is 0. The maximum Gasteiger partial charge on any atom is 0.248 e. The van der Waals surface area contributed by atoms with Gasteiger partial charge >= 0.3 is 0 Å². The molecule has 7 nitrogen and oxygen atoms in total. The molecule has 4 rings (SSSR count). The smallest absolute Gasteiger partial charge is 0.248 e. The highest BCUT2D eigenvalue weighted by Crippen LogP contribution is 2.31. The van der Waals surface area contributed by atoms with E-state index in [2.05, 4.69) is 35.4 Å². The molecule has 2 atom stereocenters. The minimum absolute atomic E-state index is 0.0296. The topological polar surface area (TPSA) is 106 Å². The van der Waals surface area contributed by atoms with E-state index in [1.54, 1.807) is 12.1 Å². The lowest BCUT2D eigenvalue weighted by molar-refractivity contribution is 0.0905. The number of aryl methyl sites for hydroxylation is 1. The molecule has 0 saturated heterocycles. The second kappa shape index (κ2) is 7.67. The summed E-state index contributed by atoms with van der Waals surface area (Å²) in [5, 5.41) is 26.0. The third-order valence-electron chi connectivity index (χ3n) is 5.74. The van der Waals surface area contributed by atoms with E-state index in [-0.39, 0.29) is 29.4 Å². The molecule has 0 amide bonds. The Bertz CT molecular complexity index is 1120. The van der Waals surface area contributed by atoms with E-state index < -0.39 is 6.10 Å². The molecule has 0 spiro atoms. The Morgan fingerprint density at radius 1 is 1.17 bits per heavy atom. The molecule has 0 saturated carbocycles. The molecule has 150 valence electrons. The molecule has 1 aliphatic carbocycles. The highest BCUT2D eigenvalue weighted by molar-refractivity contribution is 5.87. The van der Waals surface area contributed by atoms with E-state index >= 15 is 0 Å². The second-order valence-electron chi connectivity index (χ2n) is 7.52. The number of pyridine rings is 1. The van der Waals surface area contributed by atoms with Gasteiger partial charge in [-0.1, -0.05) is 31.2 Å². The number of aromatic nitrogens is 1. The number of fused-ring (bicyclic) bond motifs is 2. The number of hydrogen-bond acceptors (Lipinski definition) is 5. The van der Waals surface area contributed by atoms with E-state index in [1.807, 2.05) is 0 Å². The molecule has 0 fully saturated rings. The van der Waals surface area contributed by atoms with E-state index in [9.17, 15) is 19.9 Å². The number of aromatic hydroxyl groups is 1. The van der Waals surface area contributed by atoms with Gasteiger partial charge in [0.2, 0.25) is 5.56 Å². The summed E-state index contributed by atoms with van der Waals surface area (Å²) in [5.41, 5.74) is 4.14. The molecule has 3 aromatic rings. The minimum Gasteiger partial charge on any atom is -0.506 e. The maximum absolute atomic E-state index is 11.6. The SMILES string of the molecule is CCc1ccc2c(c1)CC(N(C[C@H](O)c1ccc(O)c3[nH]c(=O)ccc13)N=O)C2. The third-order valence-corrected chi connectivity index (χ3v) is 5.74. The number of aliphatic hydroxyl groups excluding tert-OH is 1. The van der Waals surface area contributed by atoms with Crippen molar-refractivity contribution in [3.8, 4) is 5.75 Å². The summed E-state index contributed by atoms with van der Waals surface area (Å²) in [6.07, 6.45) is 1.38. The van der Waals surface area contributed by atoms with Crippen molar-refractivity contribution in [3.05, 3.63) is 80.0 Å². The van der Waals surface area contributed by atoms with Crippen molar-refractivity contribution in [2.75, 3.05) is 6.54 Å². The Morgan fingerprint density at radius 2 is 1.97 bits per heavy atom. The van der Waals surface area contributed by atoms with Crippen LogP contribution in [0.15, 0.2) is 52.5 Å². The monoisotopic (exact) mass is 393 g/mol. The third kappa shape index (κ3) is 3.61. The number of nitrogens with zero attached hydrogens (tertiary/aromatic N) is 2. The molecule has 0 bridgehead atoms. The predicted octanol–water partition coefficient (Wildman–Crippen LogP) is 2.98. The van der Waals surface area contributed by atoms with Crippen LogP contribution in [0, 0.1) is 4.91 Å². The molecule has 7 heteroatoms. The molecule has 29 heavy (non-hydrogen) atoms. The highest BCUT2D eigenvalue weighted by Gasteiger charge is 2.29. The first-order chi connectivity index (χ1) is 14.0. The van der Waals surface area contributed by atoms with Crippen LogP contribution in [0.2, 0.25) is 0 Å². The Hall–Kier alpha value is -3.19. The van der Waals surface area contributed by atoms with E-state index in [1.165, 1.54) is 33.8 Å². The van der Waals surface area contributed by atoms with Crippen LogP contribution in [0.1, 0.15) is 35.3 Å². The fraction of sp³-hybridized carbons (Fsp3) is 0.318. The summed E-state index contributed by atoms with van der Waals surface area (Å²) in [5.74, 6) is -0.0722. The van der Waals surface area contributed by atoms with Crippen LogP contribution in [-0.4, -0.2) is 32.8 Å². The Labute approximate surface area is 167 Å². The van der Waals surface area contributed by atoms with Gasteiger partial charge in [0.15, 0.2) is 0 Å². The van der Waals surface area contributed by atoms with Gasteiger partial charge in [0.1, 0.15) is 5.75 Å². The first-order valence-corrected chi connectivity index (χ1v) is 9.73. The fourth-order valence-electron chi connectivity index (χ4n) is 4.15. The van der Waals surface area contributed by atoms with Crippen LogP contribution in [0.5, 0.6) is 5.75 Å². The van der Waals surface area contributed by atoms with E-state index in [4.69, 9.17) is 0 Å². The average molecular weight is 393 g/mol. The number of benzene rings is 2. The molecule has 0 aliphatic heterocycles. The zero-order chi connectivity index (χ0) is 20.5. The van der Waals surface area contributed by atoms with Crippen molar-refractivity contribution >= 4 is 10.9 Å². The molecule has 3 N–H and O–H groups in total. The number of aromatic amines is 1. The van der Waals surface area contributed by atoms with Crippen LogP contribution >= 0.6 is 0 Å². The molecule has 1 aromatic heterocycles. The summed E-state index contributed by atoms with van der Waals surface area (Å²) in [4.78, 5) is 25.7. The Kier molecular flexibility index (Phi) is 5.07. The number of hydrogen-bond donors (Lipinski definition) is 3. The van der Waals surface area contributed by atoms with Crippen molar-refractivity contribution in [3.63, 3.8) is 0 Å². The van der Waals surface area contributed by atoms with Crippen LogP contribution in [0.4, 0.5) is 0 Å². The van der Waals surface area contributed by atoms with Crippen LogP contribution in [0.25, 0.3) is 10.9 Å². The Balaban J connectivity index is 1.57. The zero-order valence-electron chi connectivity index (χ0n) is 16.1. The van der Waals surface area contributed by atoms with E-state index in [0.29, 0.717) is 23.8 Å². The number of nitroso groups, excluding NO2 is 1. The summed E-state index contributed by atoms with van der Waals surface area (Å²) < 4.78 is 0. The van der Waals surface area contributed by atoms with Crippen molar-refractivity contribution in [2.24, 2.45) is 5.29 Å².